The Morgan fingerprint density at radius 2 is 2.15 bits per heavy atom. The summed E-state index contributed by atoms with van der Waals surface area (Å²) in [6, 6.07) is 0.190. The van der Waals surface area contributed by atoms with Gasteiger partial charge in [0.2, 0.25) is 5.91 Å². The third-order valence-electron chi connectivity index (χ3n) is 3.71. The molecule has 3 N–H and O–H groups in total. The van der Waals surface area contributed by atoms with Gasteiger partial charge in [-0.3, -0.25) is 4.79 Å². The number of nitrogens with zero attached hydrogens (tertiary/aromatic N) is 2. The fraction of sp³-hybridized carbons (Fsp3) is 0.786. The van der Waals surface area contributed by atoms with E-state index in [1.807, 2.05) is 0 Å². The lowest BCUT2D eigenvalue weighted by molar-refractivity contribution is -0.122. The maximum Gasteiger partial charge on any atom is 0.220 e. The third-order valence-corrected chi connectivity index (χ3v) is 5.06. The van der Waals surface area contributed by atoms with Crippen LogP contribution in [0.4, 0.5) is 0 Å². The normalized spacial score (nSPS) is 23.0. The molecule has 0 saturated heterocycles. The van der Waals surface area contributed by atoms with Crippen LogP contribution in [0.25, 0.3) is 0 Å². The number of nitrogens with one attached hydrogen (secondary N) is 1. The lowest BCUT2D eigenvalue weighted by Gasteiger charge is -2.14. The molecular formula is C14H24N4OS. The standard InChI is InChI=1S/C14H24N4OS/c1-14(2,3)13-18-17-12(20-13)8-16-11(19)7-9-5-4-6-10(9)15/h9-10H,4-8,15H2,1-3H3,(H,16,19)/t9-,10+/m0/s1. The van der Waals surface area contributed by atoms with Gasteiger partial charge in [0.25, 0.3) is 0 Å². The molecule has 0 bridgehead atoms. The van der Waals surface area contributed by atoms with Crippen LogP contribution in [0.3, 0.4) is 0 Å². The first-order valence-electron chi connectivity index (χ1n) is 7.21. The van der Waals surface area contributed by atoms with Crippen molar-refractivity contribution >= 4 is 17.2 Å². The van der Waals surface area contributed by atoms with Crippen molar-refractivity contribution < 1.29 is 4.79 Å². The maximum atomic E-state index is 11.9. The van der Waals surface area contributed by atoms with Crippen LogP contribution in [0.15, 0.2) is 0 Å². The van der Waals surface area contributed by atoms with Crippen molar-refractivity contribution in [3.63, 3.8) is 0 Å². The van der Waals surface area contributed by atoms with E-state index in [-0.39, 0.29) is 17.4 Å². The van der Waals surface area contributed by atoms with E-state index in [9.17, 15) is 4.79 Å². The zero-order valence-electron chi connectivity index (χ0n) is 12.5. The van der Waals surface area contributed by atoms with E-state index in [2.05, 4.69) is 36.3 Å². The van der Waals surface area contributed by atoms with Gasteiger partial charge < -0.3 is 11.1 Å². The van der Waals surface area contributed by atoms with Crippen LogP contribution in [-0.4, -0.2) is 22.1 Å². The molecule has 1 heterocycles. The zero-order valence-corrected chi connectivity index (χ0v) is 13.3. The summed E-state index contributed by atoms with van der Waals surface area (Å²) in [5.41, 5.74) is 6.00. The predicted octanol–water partition coefficient (Wildman–Crippen LogP) is 1.97. The van der Waals surface area contributed by atoms with Gasteiger partial charge >= 0.3 is 0 Å². The first-order valence-corrected chi connectivity index (χ1v) is 8.03. The van der Waals surface area contributed by atoms with Crippen molar-refractivity contribution in [3.8, 4) is 0 Å². The molecule has 1 fully saturated rings. The lowest BCUT2D eigenvalue weighted by atomic mass is 9.98. The van der Waals surface area contributed by atoms with Crippen molar-refractivity contribution in [1.82, 2.24) is 15.5 Å². The van der Waals surface area contributed by atoms with Gasteiger partial charge in [0, 0.05) is 17.9 Å². The van der Waals surface area contributed by atoms with Crippen LogP contribution in [-0.2, 0) is 16.8 Å². The highest BCUT2D eigenvalue weighted by molar-refractivity contribution is 7.11. The quantitative estimate of drug-likeness (QED) is 0.890. The largest absolute Gasteiger partial charge is 0.350 e. The van der Waals surface area contributed by atoms with Crippen molar-refractivity contribution in [2.24, 2.45) is 11.7 Å². The van der Waals surface area contributed by atoms with Crippen molar-refractivity contribution in [2.75, 3.05) is 0 Å². The molecule has 20 heavy (non-hydrogen) atoms. The molecule has 112 valence electrons. The Hall–Kier alpha value is -1.01. The number of carbonyl (C=O) groups excluding carboxylic acids is 1. The van der Waals surface area contributed by atoms with Gasteiger partial charge in [0.1, 0.15) is 10.0 Å². The molecule has 0 aliphatic heterocycles. The molecule has 6 heteroatoms. The molecule has 0 radical (unpaired) electrons. The summed E-state index contributed by atoms with van der Waals surface area (Å²) in [5.74, 6) is 0.411. The number of hydrogen-bond donors (Lipinski definition) is 2. The summed E-state index contributed by atoms with van der Waals surface area (Å²) in [7, 11) is 0. The molecule has 0 aromatic carbocycles. The monoisotopic (exact) mass is 296 g/mol. The van der Waals surface area contributed by atoms with Crippen LogP contribution in [0.2, 0.25) is 0 Å². The highest BCUT2D eigenvalue weighted by atomic mass is 32.1. The summed E-state index contributed by atoms with van der Waals surface area (Å²) in [4.78, 5) is 11.9. The fourth-order valence-electron chi connectivity index (χ4n) is 2.43. The Labute approximate surface area is 124 Å². The van der Waals surface area contributed by atoms with Crippen LogP contribution < -0.4 is 11.1 Å². The molecule has 2 atom stereocenters. The van der Waals surface area contributed by atoms with E-state index in [4.69, 9.17) is 5.73 Å². The molecule has 1 saturated carbocycles. The Kier molecular flexibility index (Phi) is 4.75. The zero-order chi connectivity index (χ0) is 14.8. The van der Waals surface area contributed by atoms with E-state index in [1.54, 1.807) is 11.3 Å². The number of aromatic nitrogens is 2. The SMILES string of the molecule is CC(C)(C)c1nnc(CNC(=O)C[C@@H]2CCC[C@H]2N)s1. The second kappa shape index (κ2) is 6.18. The van der Waals surface area contributed by atoms with E-state index in [0.29, 0.717) is 18.9 Å². The summed E-state index contributed by atoms with van der Waals surface area (Å²) in [6.45, 7) is 6.79. The van der Waals surface area contributed by atoms with E-state index >= 15 is 0 Å². The van der Waals surface area contributed by atoms with Gasteiger partial charge in [-0.1, -0.05) is 38.5 Å². The number of rotatable bonds is 4. The lowest BCUT2D eigenvalue weighted by Crippen LogP contribution is -2.31. The van der Waals surface area contributed by atoms with Crippen LogP contribution in [0.1, 0.15) is 56.5 Å². The molecule has 5 nitrogen and oxygen atoms in total. The first kappa shape index (κ1) is 15.4. The number of nitrogens with two attached hydrogens (primary N) is 1. The van der Waals surface area contributed by atoms with Crippen LogP contribution >= 0.6 is 11.3 Å². The number of carbonyl (C=O) groups is 1. The van der Waals surface area contributed by atoms with E-state index in [1.165, 1.54) is 0 Å². The number of amides is 1. The van der Waals surface area contributed by atoms with Gasteiger partial charge in [-0.05, 0) is 18.8 Å². The van der Waals surface area contributed by atoms with Crippen LogP contribution in [0, 0.1) is 5.92 Å². The highest BCUT2D eigenvalue weighted by Gasteiger charge is 2.26. The molecule has 2 rings (SSSR count). The minimum Gasteiger partial charge on any atom is -0.350 e. The average Bonchev–Trinajstić information content (AvgIpc) is 2.96. The van der Waals surface area contributed by atoms with Gasteiger partial charge in [-0.2, -0.15) is 0 Å². The summed E-state index contributed by atoms with van der Waals surface area (Å²) in [5, 5.41) is 13.1. The third kappa shape index (κ3) is 3.99. The fourth-order valence-corrected chi connectivity index (χ4v) is 3.27. The molecule has 1 aliphatic rings. The second-order valence-electron chi connectivity index (χ2n) is 6.59. The van der Waals surface area contributed by atoms with Gasteiger partial charge in [0.15, 0.2) is 0 Å². The average molecular weight is 296 g/mol. The molecule has 1 aromatic heterocycles. The minimum atomic E-state index is 0.0105. The molecule has 0 unspecified atom stereocenters. The molecule has 1 amide bonds. The van der Waals surface area contributed by atoms with Gasteiger partial charge in [-0.25, -0.2) is 0 Å². The Morgan fingerprint density at radius 3 is 2.70 bits per heavy atom. The molecule has 0 spiro atoms. The van der Waals surface area contributed by atoms with Gasteiger partial charge in [-0.15, -0.1) is 10.2 Å². The minimum absolute atomic E-state index is 0.0105. The summed E-state index contributed by atoms with van der Waals surface area (Å²) >= 11 is 1.56. The van der Waals surface area contributed by atoms with E-state index < -0.39 is 0 Å². The summed E-state index contributed by atoms with van der Waals surface area (Å²) < 4.78 is 0. The Bertz CT molecular complexity index is 466. The molecular weight excluding hydrogens is 272 g/mol. The summed E-state index contributed by atoms with van der Waals surface area (Å²) in [6.07, 6.45) is 3.79. The molecule has 1 aliphatic carbocycles. The number of hydrogen-bond acceptors (Lipinski definition) is 5. The Morgan fingerprint density at radius 1 is 1.40 bits per heavy atom. The van der Waals surface area contributed by atoms with Crippen molar-refractivity contribution in [3.05, 3.63) is 10.0 Å². The Balaban J connectivity index is 1.80. The first-order chi connectivity index (χ1) is 9.36. The topological polar surface area (TPSA) is 80.9 Å². The van der Waals surface area contributed by atoms with E-state index in [0.717, 1.165) is 29.3 Å². The highest BCUT2D eigenvalue weighted by Crippen LogP contribution is 2.27. The van der Waals surface area contributed by atoms with Crippen molar-refractivity contribution in [2.45, 2.75) is 64.5 Å². The van der Waals surface area contributed by atoms with Crippen molar-refractivity contribution in [1.29, 1.82) is 0 Å². The molecule has 1 aromatic rings. The van der Waals surface area contributed by atoms with Gasteiger partial charge in [0.05, 0.1) is 6.54 Å². The second-order valence-corrected chi connectivity index (χ2v) is 7.65. The predicted molar refractivity (Wildman–Crippen MR) is 80.4 cm³/mol. The van der Waals surface area contributed by atoms with Crippen LogP contribution in [0.5, 0.6) is 0 Å². The maximum absolute atomic E-state index is 11.9. The smallest absolute Gasteiger partial charge is 0.220 e.